The topological polar surface area (TPSA) is 84.9 Å². The van der Waals surface area contributed by atoms with E-state index in [0.717, 1.165) is 16.1 Å². The van der Waals surface area contributed by atoms with E-state index in [1.165, 1.54) is 0 Å². The number of hydrogen-bond donors (Lipinski definition) is 1. The third kappa shape index (κ3) is 4.03. The molecule has 0 aliphatic carbocycles. The summed E-state index contributed by atoms with van der Waals surface area (Å²) in [4.78, 5) is 12.3. The molecule has 0 saturated carbocycles. The molecule has 0 saturated heterocycles. The molecule has 0 spiro atoms. The van der Waals surface area contributed by atoms with Gasteiger partial charge in [0.15, 0.2) is 11.5 Å². The molecule has 25 heavy (non-hydrogen) atoms. The van der Waals surface area contributed by atoms with Gasteiger partial charge in [0.1, 0.15) is 6.54 Å². The number of aryl methyl sites for hydroxylation is 1. The van der Waals surface area contributed by atoms with E-state index in [2.05, 4.69) is 5.32 Å². The minimum atomic E-state index is -3.60. The van der Waals surface area contributed by atoms with Crippen molar-refractivity contribution >= 4 is 27.3 Å². The van der Waals surface area contributed by atoms with Crippen molar-refractivity contribution in [2.75, 3.05) is 29.2 Å². The first kappa shape index (κ1) is 17.1. The summed E-state index contributed by atoms with van der Waals surface area (Å²) in [6, 6.07) is 12.0. The van der Waals surface area contributed by atoms with E-state index in [9.17, 15) is 13.2 Å². The Balaban J connectivity index is 1.77. The van der Waals surface area contributed by atoms with Crippen molar-refractivity contribution < 1.29 is 22.7 Å². The number of amides is 1. The van der Waals surface area contributed by atoms with Crippen LogP contribution in [0, 0.1) is 6.92 Å². The van der Waals surface area contributed by atoms with Crippen LogP contribution in [0.4, 0.5) is 11.4 Å². The Morgan fingerprint density at radius 1 is 1.16 bits per heavy atom. The molecule has 1 N–H and O–H groups in total. The first-order valence-corrected chi connectivity index (χ1v) is 9.41. The van der Waals surface area contributed by atoms with Gasteiger partial charge in [-0.05, 0) is 36.8 Å². The number of benzene rings is 2. The fourth-order valence-corrected chi connectivity index (χ4v) is 3.34. The van der Waals surface area contributed by atoms with E-state index >= 15 is 0 Å². The second-order valence-corrected chi connectivity index (χ2v) is 7.63. The zero-order valence-corrected chi connectivity index (χ0v) is 14.7. The molecule has 1 aliphatic heterocycles. The van der Waals surface area contributed by atoms with E-state index < -0.39 is 15.9 Å². The zero-order valence-electron chi connectivity index (χ0n) is 13.9. The summed E-state index contributed by atoms with van der Waals surface area (Å²) in [5, 5.41) is 2.68. The Labute approximate surface area is 146 Å². The SMILES string of the molecule is Cc1cccc(N(CC(=O)Nc2ccc3c(c2)OCO3)S(C)(=O)=O)c1. The number of ether oxygens (including phenoxy) is 2. The Kier molecular flexibility index (Phi) is 4.54. The number of carbonyl (C=O) groups excluding carboxylic acids is 1. The second-order valence-electron chi connectivity index (χ2n) is 5.72. The third-order valence-corrected chi connectivity index (χ3v) is 4.77. The third-order valence-electron chi connectivity index (χ3n) is 3.63. The van der Waals surface area contributed by atoms with Crippen molar-refractivity contribution in [1.29, 1.82) is 0 Å². The first-order valence-electron chi connectivity index (χ1n) is 7.57. The van der Waals surface area contributed by atoms with E-state index in [-0.39, 0.29) is 13.3 Å². The highest BCUT2D eigenvalue weighted by atomic mass is 32.2. The molecular formula is C17H18N2O5S. The summed E-state index contributed by atoms with van der Waals surface area (Å²) in [5.41, 5.74) is 1.86. The molecule has 3 rings (SSSR count). The number of anilines is 2. The molecular weight excluding hydrogens is 344 g/mol. The lowest BCUT2D eigenvalue weighted by Crippen LogP contribution is -2.37. The molecule has 0 aromatic heterocycles. The molecule has 2 aromatic carbocycles. The van der Waals surface area contributed by atoms with Crippen LogP contribution < -0.4 is 19.1 Å². The molecule has 1 amide bonds. The van der Waals surface area contributed by atoms with Gasteiger partial charge < -0.3 is 14.8 Å². The van der Waals surface area contributed by atoms with Gasteiger partial charge in [-0.25, -0.2) is 8.42 Å². The predicted octanol–water partition coefficient (Wildman–Crippen LogP) is 2.13. The smallest absolute Gasteiger partial charge is 0.245 e. The number of fused-ring (bicyclic) bond motifs is 1. The average molecular weight is 362 g/mol. The lowest BCUT2D eigenvalue weighted by molar-refractivity contribution is -0.114. The van der Waals surface area contributed by atoms with Crippen molar-refractivity contribution in [2.24, 2.45) is 0 Å². The minimum absolute atomic E-state index is 0.141. The average Bonchev–Trinajstić information content (AvgIpc) is 2.99. The molecule has 0 unspecified atom stereocenters. The maximum atomic E-state index is 12.3. The summed E-state index contributed by atoms with van der Waals surface area (Å²) in [6.07, 6.45) is 1.07. The van der Waals surface area contributed by atoms with E-state index in [1.54, 1.807) is 36.4 Å². The van der Waals surface area contributed by atoms with Crippen LogP contribution in [0.3, 0.4) is 0 Å². The van der Waals surface area contributed by atoms with Crippen molar-refractivity contribution in [2.45, 2.75) is 6.92 Å². The van der Waals surface area contributed by atoms with Gasteiger partial charge in [-0.3, -0.25) is 9.10 Å². The van der Waals surface area contributed by atoms with Crippen LogP contribution in [0.2, 0.25) is 0 Å². The molecule has 0 radical (unpaired) electrons. The van der Waals surface area contributed by atoms with Gasteiger partial charge >= 0.3 is 0 Å². The van der Waals surface area contributed by atoms with Gasteiger partial charge in [0.25, 0.3) is 0 Å². The van der Waals surface area contributed by atoms with E-state index in [0.29, 0.717) is 22.9 Å². The van der Waals surface area contributed by atoms with Gasteiger partial charge in [0, 0.05) is 11.8 Å². The normalized spacial score (nSPS) is 12.7. The lowest BCUT2D eigenvalue weighted by atomic mass is 10.2. The Hall–Kier alpha value is -2.74. The number of sulfonamides is 1. The van der Waals surface area contributed by atoms with Crippen LogP contribution in [0.1, 0.15) is 5.56 Å². The molecule has 1 aliphatic rings. The van der Waals surface area contributed by atoms with Gasteiger partial charge in [0.05, 0.1) is 11.9 Å². The first-order chi connectivity index (χ1) is 11.8. The summed E-state index contributed by atoms with van der Waals surface area (Å²) in [6.45, 7) is 1.68. The monoisotopic (exact) mass is 362 g/mol. The van der Waals surface area contributed by atoms with Crippen LogP contribution in [-0.2, 0) is 14.8 Å². The summed E-state index contributed by atoms with van der Waals surface area (Å²) in [7, 11) is -3.60. The fourth-order valence-electron chi connectivity index (χ4n) is 2.49. The number of rotatable bonds is 5. The Bertz CT molecular complexity index is 911. The highest BCUT2D eigenvalue weighted by molar-refractivity contribution is 7.92. The van der Waals surface area contributed by atoms with Gasteiger partial charge in [0.2, 0.25) is 22.7 Å². The molecule has 8 heteroatoms. The highest BCUT2D eigenvalue weighted by Gasteiger charge is 2.21. The fraction of sp³-hybridized carbons (Fsp3) is 0.235. The van der Waals surface area contributed by atoms with Crippen LogP contribution in [-0.4, -0.2) is 33.9 Å². The molecule has 2 aromatic rings. The maximum absolute atomic E-state index is 12.3. The number of hydrogen-bond acceptors (Lipinski definition) is 5. The Morgan fingerprint density at radius 2 is 1.92 bits per heavy atom. The molecule has 0 fully saturated rings. The molecule has 1 heterocycles. The highest BCUT2D eigenvalue weighted by Crippen LogP contribution is 2.34. The molecule has 0 atom stereocenters. The zero-order chi connectivity index (χ0) is 18.0. The maximum Gasteiger partial charge on any atom is 0.245 e. The predicted molar refractivity (Wildman–Crippen MR) is 94.6 cm³/mol. The summed E-state index contributed by atoms with van der Waals surface area (Å²) < 4.78 is 35.7. The largest absolute Gasteiger partial charge is 0.454 e. The van der Waals surface area contributed by atoms with E-state index in [4.69, 9.17) is 9.47 Å². The standard InChI is InChI=1S/C17H18N2O5S/c1-12-4-3-5-14(8-12)19(25(2,21)22)10-17(20)18-13-6-7-15-16(9-13)24-11-23-15/h3-9H,10-11H2,1-2H3,(H,18,20). The van der Waals surface area contributed by atoms with Crippen LogP contribution >= 0.6 is 0 Å². The van der Waals surface area contributed by atoms with Crippen LogP contribution in [0.15, 0.2) is 42.5 Å². The van der Waals surface area contributed by atoms with E-state index in [1.807, 2.05) is 13.0 Å². The minimum Gasteiger partial charge on any atom is -0.454 e. The van der Waals surface area contributed by atoms with Crippen molar-refractivity contribution in [1.82, 2.24) is 0 Å². The summed E-state index contributed by atoms with van der Waals surface area (Å²) >= 11 is 0. The second kappa shape index (κ2) is 6.64. The molecule has 132 valence electrons. The Morgan fingerprint density at radius 3 is 2.64 bits per heavy atom. The quantitative estimate of drug-likeness (QED) is 0.881. The molecule has 7 nitrogen and oxygen atoms in total. The summed E-state index contributed by atoms with van der Waals surface area (Å²) in [5.74, 6) is 0.692. The number of nitrogens with zero attached hydrogens (tertiary/aromatic N) is 1. The number of nitrogens with one attached hydrogen (secondary N) is 1. The van der Waals surface area contributed by atoms with Gasteiger partial charge in [-0.2, -0.15) is 0 Å². The van der Waals surface area contributed by atoms with Gasteiger partial charge in [-0.1, -0.05) is 12.1 Å². The van der Waals surface area contributed by atoms with Crippen LogP contribution in [0.5, 0.6) is 11.5 Å². The van der Waals surface area contributed by atoms with Crippen molar-refractivity contribution in [3.8, 4) is 11.5 Å². The van der Waals surface area contributed by atoms with Gasteiger partial charge in [-0.15, -0.1) is 0 Å². The van der Waals surface area contributed by atoms with Crippen LogP contribution in [0.25, 0.3) is 0 Å². The molecule has 0 bridgehead atoms. The lowest BCUT2D eigenvalue weighted by Gasteiger charge is -2.22. The van der Waals surface area contributed by atoms with Crippen molar-refractivity contribution in [3.05, 3.63) is 48.0 Å². The number of carbonyl (C=O) groups is 1. The van der Waals surface area contributed by atoms with Crippen molar-refractivity contribution in [3.63, 3.8) is 0 Å².